The Balaban J connectivity index is 0.000000202. The average molecular weight is 413 g/mol. The first-order chi connectivity index (χ1) is 13.5. The van der Waals surface area contributed by atoms with Gasteiger partial charge in [0.2, 0.25) is 5.78 Å². The van der Waals surface area contributed by atoms with Crippen molar-refractivity contribution < 1.29 is 14.7 Å². The molecule has 3 aromatic carbocycles. The van der Waals surface area contributed by atoms with Crippen molar-refractivity contribution in [3.63, 3.8) is 0 Å². The summed E-state index contributed by atoms with van der Waals surface area (Å²) in [6, 6.07) is 27.7. The van der Waals surface area contributed by atoms with E-state index in [-0.39, 0.29) is 0 Å². The molecule has 0 fully saturated rings. The highest BCUT2D eigenvalue weighted by molar-refractivity contribution is 7.99. The minimum absolute atomic E-state index is 0.451. The molecule has 3 nitrogen and oxygen atoms in total. The number of carboxylic acid groups (broad SMARTS) is 1. The maximum Gasteiger partial charge on any atom is 0.372 e. The Morgan fingerprint density at radius 1 is 0.857 bits per heavy atom. The van der Waals surface area contributed by atoms with Gasteiger partial charge < -0.3 is 5.11 Å². The number of hydrogen-bond acceptors (Lipinski definition) is 3. The van der Waals surface area contributed by atoms with Gasteiger partial charge in [0.25, 0.3) is 0 Å². The zero-order valence-corrected chi connectivity index (χ0v) is 17.0. The van der Waals surface area contributed by atoms with Crippen LogP contribution in [0.3, 0.4) is 0 Å². The van der Waals surface area contributed by atoms with E-state index in [4.69, 9.17) is 16.7 Å². The number of benzene rings is 3. The van der Waals surface area contributed by atoms with Crippen molar-refractivity contribution >= 4 is 35.1 Å². The molecule has 1 unspecified atom stereocenters. The number of carboxylic acids is 1. The number of thioether (sulfide) groups is 1. The third-order valence-corrected chi connectivity index (χ3v) is 5.38. The van der Waals surface area contributed by atoms with E-state index in [2.05, 4.69) is 12.1 Å². The highest BCUT2D eigenvalue weighted by Gasteiger charge is 2.20. The van der Waals surface area contributed by atoms with E-state index in [0.717, 1.165) is 9.92 Å². The van der Waals surface area contributed by atoms with Crippen LogP contribution in [-0.2, 0) is 9.59 Å². The lowest BCUT2D eigenvalue weighted by molar-refractivity contribution is -0.150. The summed E-state index contributed by atoms with van der Waals surface area (Å²) < 4.78 is 0. The first-order valence-electron chi connectivity index (χ1n) is 8.73. The zero-order valence-electron chi connectivity index (χ0n) is 15.4. The largest absolute Gasteiger partial charge is 0.475 e. The molecule has 0 saturated heterocycles. The van der Waals surface area contributed by atoms with Crippen molar-refractivity contribution in [2.24, 2.45) is 5.92 Å². The van der Waals surface area contributed by atoms with E-state index in [9.17, 15) is 9.59 Å². The molecule has 1 N–H and O–H groups in total. The van der Waals surface area contributed by atoms with Gasteiger partial charge >= 0.3 is 5.97 Å². The van der Waals surface area contributed by atoms with Crippen molar-refractivity contribution in [3.05, 3.63) is 90.0 Å². The molecule has 0 saturated carbocycles. The highest BCUT2D eigenvalue weighted by Crippen LogP contribution is 2.21. The van der Waals surface area contributed by atoms with Gasteiger partial charge in [-0.2, -0.15) is 0 Å². The predicted molar refractivity (Wildman–Crippen MR) is 116 cm³/mol. The molecule has 0 heterocycles. The molecular formula is C23H21ClO3S. The van der Waals surface area contributed by atoms with E-state index in [1.54, 1.807) is 6.92 Å². The van der Waals surface area contributed by atoms with Crippen molar-refractivity contribution in [2.45, 2.75) is 11.8 Å². The van der Waals surface area contributed by atoms with Crippen molar-refractivity contribution in [2.75, 3.05) is 5.75 Å². The quantitative estimate of drug-likeness (QED) is 0.394. The van der Waals surface area contributed by atoms with Crippen LogP contribution in [0.25, 0.3) is 11.1 Å². The molecule has 0 aliphatic rings. The normalized spacial score (nSPS) is 11.1. The van der Waals surface area contributed by atoms with E-state index in [0.29, 0.717) is 5.75 Å². The fourth-order valence-corrected chi connectivity index (χ4v) is 3.37. The fourth-order valence-electron chi connectivity index (χ4n) is 2.30. The number of carbonyl (C=O) groups is 2. The fraction of sp³-hybridized carbons (Fsp3) is 0.130. The molecule has 0 radical (unpaired) electrons. The molecule has 5 heteroatoms. The molecule has 0 amide bonds. The number of halogens is 1. The molecule has 0 aliphatic heterocycles. The monoisotopic (exact) mass is 412 g/mol. The summed E-state index contributed by atoms with van der Waals surface area (Å²) in [6.45, 7) is 1.63. The summed E-state index contributed by atoms with van der Waals surface area (Å²) >= 11 is 7.29. The Kier molecular flexibility index (Phi) is 8.79. The SMILES string of the molecule is CC(CSc1ccccc1)C(=O)C(=O)O.Clc1ccc(-c2ccccc2)cc1. The van der Waals surface area contributed by atoms with Crippen LogP contribution in [0.5, 0.6) is 0 Å². The summed E-state index contributed by atoms with van der Waals surface area (Å²) in [7, 11) is 0. The Bertz CT molecular complexity index is 881. The Morgan fingerprint density at radius 3 is 1.89 bits per heavy atom. The number of carbonyl (C=O) groups excluding carboxylic acids is 1. The van der Waals surface area contributed by atoms with Gasteiger partial charge in [-0.05, 0) is 35.4 Å². The van der Waals surface area contributed by atoms with Crippen molar-refractivity contribution in [1.82, 2.24) is 0 Å². The second-order valence-electron chi connectivity index (χ2n) is 6.07. The molecule has 0 bridgehead atoms. The van der Waals surface area contributed by atoms with Crippen LogP contribution in [-0.4, -0.2) is 22.6 Å². The number of ketones is 1. The first-order valence-corrected chi connectivity index (χ1v) is 10.1. The molecule has 3 rings (SSSR count). The summed E-state index contributed by atoms with van der Waals surface area (Å²) in [5.41, 5.74) is 2.42. The first kappa shape index (κ1) is 21.7. The molecule has 0 aromatic heterocycles. The Hall–Kier alpha value is -2.56. The lowest BCUT2D eigenvalue weighted by atomic mass is 10.1. The van der Waals surface area contributed by atoms with Crippen LogP contribution in [0.1, 0.15) is 6.92 Å². The van der Waals surface area contributed by atoms with Gasteiger partial charge in [-0.25, -0.2) is 4.79 Å². The summed E-state index contributed by atoms with van der Waals surface area (Å²) in [5.74, 6) is -2.03. The van der Waals surface area contributed by atoms with E-state index in [1.165, 1.54) is 22.9 Å². The Labute approximate surface area is 174 Å². The van der Waals surface area contributed by atoms with Gasteiger partial charge in [0.15, 0.2) is 0 Å². The maximum atomic E-state index is 11.1. The van der Waals surface area contributed by atoms with Gasteiger partial charge in [0.1, 0.15) is 0 Å². The van der Waals surface area contributed by atoms with Crippen molar-refractivity contribution in [1.29, 1.82) is 0 Å². The van der Waals surface area contributed by atoms with Gasteiger partial charge in [-0.1, -0.05) is 79.2 Å². The van der Waals surface area contributed by atoms with Gasteiger partial charge in [-0.3, -0.25) is 4.79 Å². The molecule has 0 spiro atoms. The second kappa shape index (κ2) is 11.3. The highest BCUT2D eigenvalue weighted by atomic mass is 35.5. The molecule has 3 aromatic rings. The van der Waals surface area contributed by atoms with E-state index in [1.807, 2.05) is 72.8 Å². The van der Waals surface area contributed by atoms with Gasteiger partial charge in [-0.15, -0.1) is 11.8 Å². The van der Waals surface area contributed by atoms with Crippen LogP contribution < -0.4 is 0 Å². The topological polar surface area (TPSA) is 54.4 Å². The molecular weight excluding hydrogens is 392 g/mol. The van der Waals surface area contributed by atoms with Crippen molar-refractivity contribution in [3.8, 4) is 11.1 Å². The van der Waals surface area contributed by atoms with Crippen LogP contribution >= 0.6 is 23.4 Å². The summed E-state index contributed by atoms with van der Waals surface area (Å²) in [4.78, 5) is 22.5. The second-order valence-corrected chi connectivity index (χ2v) is 7.60. The number of aliphatic carboxylic acids is 1. The van der Waals surface area contributed by atoms with Crippen LogP contribution in [0, 0.1) is 5.92 Å². The predicted octanol–water partition coefficient (Wildman–Crippen LogP) is 6.08. The lowest BCUT2D eigenvalue weighted by Gasteiger charge is -2.06. The smallest absolute Gasteiger partial charge is 0.372 e. The van der Waals surface area contributed by atoms with E-state index >= 15 is 0 Å². The van der Waals surface area contributed by atoms with Crippen LogP contribution in [0.15, 0.2) is 89.8 Å². The number of rotatable bonds is 6. The lowest BCUT2D eigenvalue weighted by Crippen LogP contribution is -2.22. The zero-order chi connectivity index (χ0) is 20.4. The van der Waals surface area contributed by atoms with Gasteiger partial charge in [0, 0.05) is 21.6 Å². The third-order valence-electron chi connectivity index (χ3n) is 3.85. The minimum atomic E-state index is -1.35. The van der Waals surface area contributed by atoms with E-state index < -0.39 is 17.7 Å². The summed E-state index contributed by atoms with van der Waals surface area (Å²) in [5, 5.41) is 9.27. The maximum absolute atomic E-state index is 11.1. The molecule has 1 atom stereocenters. The number of hydrogen-bond donors (Lipinski definition) is 1. The average Bonchev–Trinajstić information content (AvgIpc) is 2.74. The molecule has 0 aliphatic carbocycles. The van der Waals surface area contributed by atoms with Crippen LogP contribution in [0.4, 0.5) is 0 Å². The Morgan fingerprint density at radius 2 is 1.36 bits per heavy atom. The van der Waals surface area contributed by atoms with Gasteiger partial charge in [0.05, 0.1) is 0 Å². The van der Waals surface area contributed by atoms with Crippen LogP contribution in [0.2, 0.25) is 5.02 Å². The molecule has 144 valence electrons. The minimum Gasteiger partial charge on any atom is -0.475 e. The molecule has 28 heavy (non-hydrogen) atoms. The third kappa shape index (κ3) is 7.22. The number of Topliss-reactive ketones (excluding diaryl/α,β-unsaturated/α-hetero) is 1. The summed E-state index contributed by atoms with van der Waals surface area (Å²) in [6.07, 6.45) is 0. The standard InChI is InChI=1S/C12H9Cl.C11H12O3S/c13-12-8-6-11(7-9-12)10-4-2-1-3-5-10;1-8(10(12)11(13)14)7-15-9-5-3-2-4-6-9/h1-9H;2-6,8H,7H2,1H3,(H,13,14).